The van der Waals surface area contributed by atoms with E-state index < -0.39 is 5.60 Å². The quantitative estimate of drug-likeness (QED) is 0.754. The van der Waals surface area contributed by atoms with Gasteiger partial charge >= 0.3 is 0 Å². The van der Waals surface area contributed by atoms with Crippen LogP contribution < -0.4 is 5.73 Å². The van der Waals surface area contributed by atoms with E-state index >= 15 is 0 Å². The van der Waals surface area contributed by atoms with Crippen molar-refractivity contribution < 1.29 is 9.84 Å². The molecule has 20 heavy (non-hydrogen) atoms. The van der Waals surface area contributed by atoms with Gasteiger partial charge in [0.15, 0.2) is 0 Å². The van der Waals surface area contributed by atoms with E-state index in [0.29, 0.717) is 18.9 Å². The third kappa shape index (κ3) is 4.30. The zero-order valence-corrected chi connectivity index (χ0v) is 12.3. The molecule has 1 unspecified atom stereocenters. The lowest BCUT2D eigenvalue weighted by molar-refractivity contribution is -0.00568. The summed E-state index contributed by atoms with van der Waals surface area (Å²) in [6.45, 7) is 1.62. The molecule has 1 atom stereocenters. The van der Waals surface area contributed by atoms with E-state index in [4.69, 9.17) is 10.5 Å². The lowest BCUT2D eigenvalue weighted by Gasteiger charge is -2.28. The Balaban J connectivity index is 1.76. The van der Waals surface area contributed by atoms with Crippen molar-refractivity contribution in [2.24, 2.45) is 11.7 Å². The molecule has 0 spiro atoms. The fourth-order valence-corrected chi connectivity index (χ4v) is 2.96. The summed E-state index contributed by atoms with van der Waals surface area (Å²) < 4.78 is 5.78. The molecule has 1 fully saturated rings. The Kier molecular flexibility index (Phi) is 6.02. The van der Waals surface area contributed by atoms with Crippen LogP contribution in [-0.2, 0) is 10.3 Å². The Hall–Kier alpha value is -0.900. The van der Waals surface area contributed by atoms with Crippen LogP contribution in [0.3, 0.4) is 0 Å². The lowest BCUT2D eigenvalue weighted by atomic mass is 9.89. The first kappa shape index (κ1) is 15.5. The molecule has 0 bridgehead atoms. The van der Waals surface area contributed by atoms with Crippen LogP contribution in [0.4, 0.5) is 0 Å². The van der Waals surface area contributed by atoms with Gasteiger partial charge in [0.25, 0.3) is 0 Å². The highest BCUT2D eigenvalue weighted by molar-refractivity contribution is 5.22. The molecule has 0 aromatic heterocycles. The number of hydrogen-bond acceptors (Lipinski definition) is 3. The van der Waals surface area contributed by atoms with Gasteiger partial charge in [-0.05, 0) is 24.3 Å². The van der Waals surface area contributed by atoms with Gasteiger partial charge in [0, 0.05) is 26.2 Å². The van der Waals surface area contributed by atoms with Gasteiger partial charge in [-0.3, -0.25) is 0 Å². The van der Waals surface area contributed by atoms with E-state index in [0.717, 1.165) is 12.2 Å². The number of rotatable bonds is 7. The Labute approximate surface area is 122 Å². The molecule has 1 aliphatic rings. The van der Waals surface area contributed by atoms with Crippen LogP contribution in [0, 0.1) is 5.92 Å². The highest BCUT2D eigenvalue weighted by Crippen LogP contribution is 2.26. The van der Waals surface area contributed by atoms with Crippen molar-refractivity contribution in [3.63, 3.8) is 0 Å². The minimum atomic E-state index is -0.964. The molecule has 1 saturated carbocycles. The van der Waals surface area contributed by atoms with Gasteiger partial charge in [-0.2, -0.15) is 0 Å². The highest BCUT2D eigenvalue weighted by atomic mass is 16.5. The third-order valence-electron chi connectivity index (χ3n) is 4.39. The molecule has 0 aliphatic heterocycles. The predicted molar refractivity (Wildman–Crippen MR) is 81.4 cm³/mol. The van der Waals surface area contributed by atoms with E-state index in [-0.39, 0.29) is 6.54 Å². The molecule has 0 amide bonds. The van der Waals surface area contributed by atoms with Gasteiger partial charge in [0.05, 0.1) is 0 Å². The van der Waals surface area contributed by atoms with Crippen molar-refractivity contribution in [3.8, 4) is 0 Å². The molecule has 0 heterocycles. The monoisotopic (exact) mass is 277 g/mol. The average Bonchev–Trinajstić information content (AvgIpc) is 2.53. The summed E-state index contributed by atoms with van der Waals surface area (Å²) in [6, 6.07) is 9.65. The fourth-order valence-electron chi connectivity index (χ4n) is 2.96. The van der Waals surface area contributed by atoms with Gasteiger partial charge in [-0.25, -0.2) is 0 Å². The van der Waals surface area contributed by atoms with Crippen LogP contribution in [0.1, 0.15) is 44.1 Å². The van der Waals surface area contributed by atoms with Crippen molar-refractivity contribution in [2.45, 2.75) is 44.1 Å². The minimum absolute atomic E-state index is 0.226. The second kappa shape index (κ2) is 7.77. The maximum Gasteiger partial charge on any atom is 0.104 e. The van der Waals surface area contributed by atoms with Crippen LogP contribution in [0.25, 0.3) is 0 Å². The van der Waals surface area contributed by atoms with E-state index in [9.17, 15) is 5.11 Å². The first-order chi connectivity index (χ1) is 9.74. The third-order valence-corrected chi connectivity index (χ3v) is 4.39. The van der Waals surface area contributed by atoms with Crippen molar-refractivity contribution in [2.75, 3.05) is 19.8 Å². The predicted octanol–water partition coefficient (Wildman–Crippen LogP) is 2.82. The molecule has 0 saturated heterocycles. The topological polar surface area (TPSA) is 55.5 Å². The Morgan fingerprint density at radius 2 is 1.85 bits per heavy atom. The molecule has 0 radical (unpaired) electrons. The first-order valence-electron chi connectivity index (χ1n) is 7.80. The van der Waals surface area contributed by atoms with Crippen LogP contribution in [0.5, 0.6) is 0 Å². The van der Waals surface area contributed by atoms with E-state index in [2.05, 4.69) is 0 Å². The molecule has 3 N–H and O–H groups in total. The summed E-state index contributed by atoms with van der Waals surface area (Å²) in [5, 5.41) is 10.6. The summed E-state index contributed by atoms with van der Waals surface area (Å²) >= 11 is 0. The Bertz CT molecular complexity index is 376. The van der Waals surface area contributed by atoms with E-state index in [1.165, 1.54) is 32.1 Å². The van der Waals surface area contributed by atoms with Gasteiger partial charge < -0.3 is 15.6 Å². The molecular weight excluding hydrogens is 250 g/mol. The number of aliphatic hydroxyl groups is 1. The van der Waals surface area contributed by atoms with E-state index in [1.54, 1.807) is 0 Å². The number of ether oxygens (including phenoxy) is 1. The highest BCUT2D eigenvalue weighted by Gasteiger charge is 2.27. The van der Waals surface area contributed by atoms with Gasteiger partial charge in [-0.15, -0.1) is 0 Å². The molecule has 1 aromatic rings. The van der Waals surface area contributed by atoms with Gasteiger partial charge in [0.1, 0.15) is 5.60 Å². The summed E-state index contributed by atoms with van der Waals surface area (Å²) in [6.07, 6.45) is 7.19. The second-order valence-corrected chi connectivity index (χ2v) is 5.93. The smallest absolute Gasteiger partial charge is 0.104 e. The fraction of sp³-hybridized carbons (Fsp3) is 0.647. The minimum Gasteiger partial charge on any atom is -0.384 e. The maximum atomic E-state index is 10.6. The summed E-state index contributed by atoms with van der Waals surface area (Å²) in [5.41, 5.74) is 5.67. The van der Waals surface area contributed by atoms with Crippen LogP contribution in [-0.4, -0.2) is 24.9 Å². The zero-order valence-electron chi connectivity index (χ0n) is 12.3. The second-order valence-electron chi connectivity index (χ2n) is 5.93. The molecule has 2 rings (SSSR count). The molecular formula is C17H27NO2. The Morgan fingerprint density at radius 3 is 2.50 bits per heavy atom. The molecule has 1 aliphatic carbocycles. The van der Waals surface area contributed by atoms with Gasteiger partial charge in [0.2, 0.25) is 0 Å². The van der Waals surface area contributed by atoms with Crippen molar-refractivity contribution in [1.82, 2.24) is 0 Å². The molecule has 112 valence electrons. The standard InChI is InChI=1S/C17H27NO2/c18-14-17(19,16-9-5-2-6-10-16)11-12-20-13-15-7-3-1-4-8-15/h2,5-6,9-10,15,19H,1,3-4,7-8,11-14,18H2. The largest absolute Gasteiger partial charge is 0.384 e. The molecule has 3 heteroatoms. The van der Waals surface area contributed by atoms with Crippen molar-refractivity contribution >= 4 is 0 Å². The summed E-state index contributed by atoms with van der Waals surface area (Å²) in [4.78, 5) is 0. The summed E-state index contributed by atoms with van der Waals surface area (Å²) in [7, 11) is 0. The van der Waals surface area contributed by atoms with E-state index in [1.807, 2.05) is 30.3 Å². The van der Waals surface area contributed by atoms with Crippen molar-refractivity contribution in [1.29, 1.82) is 0 Å². The van der Waals surface area contributed by atoms with Crippen LogP contribution in [0.2, 0.25) is 0 Å². The molecule has 1 aromatic carbocycles. The average molecular weight is 277 g/mol. The normalized spacial score (nSPS) is 19.7. The molecule has 3 nitrogen and oxygen atoms in total. The number of nitrogens with two attached hydrogens (primary N) is 1. The van der Waals surface area contributed by atoms with Crippen LogP contribution in [0.15, 0.2) is 30.3 Å². The number of benzene rings is 1. The SMILES string of the molecule is NCC(O)(CCOCC1CCCCC1)c1ccccc1. The van der Waals surface area contributed by atoms with Gasteiger partial charge in [-0.1, -0.05) is 49.6 Å². The first-order valence-corrected chi connectivity index (χ1v) is 7.80. The van der Waals surface area contributed by atoms with Crippen LogP contribution >= 0.6 is 0 Å². The summed E-state index contributed by atoms with van der Waals surface area (Å²) in [5.74, 6) is 0.714. The number of hydrogen-bond donors (Lipinski definition) is 2. The zero-order chi connectivity index (χ0) is 14.3. The van der Waals surface area contributed by atoms with Crippen molar-refractivity contribution in [3.05, 3.63) is 35.9 Å². The Morgan fingerprint density at radius 1 is 1.15 bits per heavy atom. The maximum absolute atomic E-state index is 10.6. The lowest BCUT2D eigenvalue weighted by Crippen LogP contribution is -2.36.